The van der Waals surface area contributed by atoms with E-state index in [1.54, 1.807) is 0 Å². The quantitative estimate of drug-likeness (QED) is 0.818. The third-order valence-corrected chi connectivity index (χ3v) is 2.83. The number of likely N-dealkylation sites (N-methyl/N-ethyl adjacent to an activating group) is 1. The molecule has 90 valence electrons. The molecule has 0 saturated carbocycles. The predicted molar refractivity (Wildman–Crippen MR) is 70.6 cm³/mol. The van der Waals surface area contributed by atoms with Crippen molar-refractivity contribution in [1.29, 1.82) is 0 Å². The van der Waals surface area contributed by atoms with Crippen molar-refractivity contribution in [2.45, 2.75) is 39.2 Å². The van der Waals surface area contributed by atoms with E-state index in [1.807, 2.05) is 0 Å². The molecule has 1 aromatic carbocycles. The molecule has 0 saturated heterocycles. The van der Waals surface area contributed by atoms with E-state index in [9.17, 15) is 0 Å². The van der Waals surface area contributed by atoms with E-state index in [4.69, 9.17) is 5.73 Å². The summed E-state index contributed by atoms with van der Waals surface area (Å²) in [6, 6.07) is 8.84. The molecule has 3 N–H and O–H groups in total. The Morgan fingerprint density at radius 2 is 1.88 bits per heavy atom. The molecule has 16 heavy (non-hydrogen) atoms. The van der Waals surface area contributed by atoms with Gasteiger partial charge in [-0.25, -0.2) is 0 Å². The third kappa shape index (κ3) is 3.06. The molecule has 0 aliphatic carbocycles. The van der Waals surface area contributed by atoms with Gasteiger partial charge in [0.1, 0.15) is 0 Å². The lowest BCUT2D eigenvalue weighted by atomic mass is 9.82. The molecule has 0 fully saturated rings. The number of hydrogen-bond donors (Lipinski definition) is 2. The van der Waals surface area contributed by atoms with Crippen LogP contribution in [0, 0.1) is 0 Å². The summed E-state index contributed by atoms with van der Waals surface area (Å²) in [4.78, 5) is 0. The first-order valence-corrected chi connectivity index (χ1v) is 6.03. The number of nitrogens with two attached hydrogens (primary N) is 1. The van der Waals surface area contributed by atoms with Crippen LogP contribution in [0.5, 0.6) is 0 Å². The lowest BCUT2D eigenvalue weighted by molar-refractivity contribution is 0.525. The fraction of sp³-hybridized carbons (Fsp3) is 0.571. The summed E-state index contributed by atoms with van der Waals surface area (Å²) in [5.74, 6) is 0. The van der Waals surface area contributed by atoms with Crippen molar-refractivity contribution in [3.8, 4) is 0 Å². The Morgan fingerprint density at radius 1 is 1.25 bits per heavy atom. The van der Waals surface area contributed by atoms with Crippen molar-refractivity contribution in [2.75, 3.05) is 13.1 Å². The average Bonchev–Trinajstić information content (AvgIpc) is 2.25. The zero-order valence-corrected chi connectivity index (χ0v) is 10.9. The second-order valence-electron chi connectivity index (χ2n) is 5.18. The van der Waals surface area contributed by atoms with Crippen LogP contribution < -0.4 is 11.1 Å². The number of nitrogens with one attached hydrogen (secondary N) is 1. The van der Waals surface area contributed by atoms with Crippen LogP contribution in [-0.4, -0.2) is 13.1 Å². The normalized spacial score (nSPS) is 13.8. The van der Waals surface area contributed by atoms with E-state index in [0.717, 1.165) is 6.54 Å². The molecule has 1 rings (SSSR count). The van der Waals surface area contributed by atoms with E-state index < -0.39 is 0 Å². The van der Waals surface area contributed by atoms with Crippen LogP contribution in [0.2, 0.25) is 0 Å². The smallest absolute Gasteiger partial charge is 0.0447 e. The molecule has 0 aliphatic rings. The van der Waals surface area contributed by atoms with Crippen molar-refractivity contribution >= 4 is 0 Å². The van der Waals surface area contributed by atoms with Gasteiger partial charge in [-0.1, -0.05) is 52.0 Å². The Morgan fingerprint density at radius 3 is 2.38 bits per heavy atom. The van der Waals surface area contributed by atoms with Crippen LogP contribution in [0.4, 0.5) is 0 Å². The topological polar surface area (TPSA) is 38.0 Å². The summed E-state index contributed by atoms with van der Waals surface area (Å²) in [6.07, 6.45) is 0. The fourth-order valence-corrected chi connectivity index (χ4v) is 2.05. The van der Waals surface area contributed by atoms with Crippen molar-refractivity contribution < 1.29 is 0 Å². The van der Waals surface area contributed by atoms with Gasteiger partial charge in [-0.15, -0.1) is 0 Å². The molecule has 2 nitrogen and oxygen atoms in total. The Labute approximate surface area is 99.2 Å². The monoisotopic (exact) mass is 220 g/mol. The van der Waals surface area contributed by atoms with Crippen molar-refractivity contribution in [3.05, 3.63) is 35.4 Å². The van der Waals surface area contributed by atoms with Crippen LogP contribution >= 0.6 is 0 Å². The molecule has 1 aromatic rings. The van der Waals surface area contributed by atoms with Gasteiger partial charge in [-0.3, -0.25) is 0 Å². The first-order chi connectivity index (χ1) is 7.50. The molecule has 1 unspecified atom stereocenters. The van der Waals surface area contributed by atoms with E-state index in [0.29, 0.717) is 6.54 Å². The fourth-order valence-electron chi connectivity index (χ4n) is 2.05. The Hall–Kier alpha value is -0.860. The first-order valence-electron chi connectivity index (χ1n) is 6.03. The van der Waals surface area contributed by atoms with E-state index >= 15 is 0 Å². The molecule has 0 aromatic heterocycles. The summed E-state index contributed by atoms with van der Waals surface area (Å²) < 4.78 is 0. The summed E-state index contributed by atoms with van der Waals surface area (Å²) in [5.41, 5.74) is 8.72. The molecule has 0 radical (unpaired) electrons. The Balaban J connectivity index is 3.11. The molecule has 0 amide bonds. The van der Waals surface area contributed by atoms with E-state index in [2.05, 4.69) is 57.3 Å². The lowest BCUT2D eigenvalue weighted by Gasteiger charge is -2.27. The average molecular weight is 220 g/mol. The zero-order valence-electron chi connectivity index (χ0n) is 10.9. The van der Waals surface area contributed by atoms with Gasteiger partial charge in [0, 0.05) is 12.6 Å². The molecular weight excluding hydrogens is 196 g/mol. The SMILES string of the molecule is CCNC(CN)c1ccccc1C(C)(C)C. The van der Waals surface area contributed by atoms with Gasteiger partial charge >= 0.3 is 0 Å². The molecule has 0 spiro atoms. The maximum absolute atomic E-state index is 5.84. The minimum absolute atomic E-state index is 0.166. The van der Waals surface area contributed by atoms with Crippen molar-refractivity contribution in [2.24, 2.45) is 5.73 Å². The van der Waals surface area contributed by atoms with Gasteiger partial charge in [0.2, 0.25) is 0 Å². The molecule has 0 aliphatic heterocycles. The number of benzene rings is 1. The molecule has 2 heteroatoms. The molecular formula is C14H24N2. The van der Waals surface area contributed by atoms with Crippen LogP contribution in [0.15, 0.2) is 24.3 Å². The van der Waals surface area contributed by atoms with Gasteiger partial charge < -0.3 is 11.1 Å². The minimum atomic E-state index is 0.166. The van der Waals surface area contributed by atoms with Gasteiger partial charge in [-0.2, -0.15) is 0 Å². The second kappa shape index (κ2) is 5.46. The van der Waals surface area contributed by atoms with Gasteiger partial charge in [0.15, 0.2) is 0 Å². The van der Waals surface area contributed by atoms with Crippen molar-refractivity contribution in [3.63, 3.8) is 0 Å². The maximum Gasteiger partial charge on any atom is 0.0447 e. The minimum Gasteiger partial charge on any atom is -0.329 e. The van der Waals surface area contributed by atoms with Gasteiger partial charge in [0.05, 0.1) is 0 Å². The van der Waals surface area contributed by atoms with Crippen LogP contribution in [0.25, 0.3) is 0 Å². The summed E-state index contributed by atoms with van der Waals surface area (Å²) in [5, 5.41) is 3.44. The maximum atomic E-state index is 5.84. The number of rotatable bonds is 4. The molecule has 0 heterocycles. The summed E-state index contributed by atoms with van der Waals surface area (Å²) in [6.45, 7) is 10.4. The zero-order chi connectivity index (χ0) is 12.2. The highest BCUT2D eigenvalue weighted by atomic mass is 14.9. The lowest BCUT2D eigenvalue weighted by Crippen LogP contribution is -2.30. The first kappa shape index (κ1) is 13.2. The Bertz CT molecular complexity index is 326. The van der Waals surface area contributed by atoms with Crippen LogP contribution in [0.1, 0.15) is 44.9 Å². The van der Waals surface area contributed by atoms with Crippen LogP contribution in [-0.2, 0) is 5.41 Å². The van der Waals surface area contributed by atoms with Gasteiger partial charge in [0.25, 0.3) is 0 Å². The number of hydrogen-bond acceptors (Lipinski definition) is 2. The van der Waals surface area contributed by atoms with Crippen LogP contribution in [0.3, 0.4) is 0 Å². The van der Waals surface area contributed by atoms with Crippen molar-refractivity contribution in [1.82, 2.24) is 5.32 Å². The largest absolute Gasteiger partial charge is 0.329 e. The highest BCUT2D eigenvalue weighted by Gasteiger charge is 2.21. The molecule has 1 atom stereocenters. The standard InChI is InChI=1S/C14H24N2/c1-5-16-13(10-15)11-8-6-7-9-12(11)14(2,3)4/h6-9,13,16H,5,10,15H2,1-4H3. The van der Waals surface area contributed by atoms with E-state index in [1.165, 1.54) is 11.1 Å². The molecule has 0 bridgehead atoms. The predicted octanol–water partition coefficient (Wildman–Crippen LogP) is 2.59. The Kier molecular flexibility index (Phi) is 4.51. The second-order valence-corrected chi connectivity index (χ2v) is 5.18. The highest BCUT2D eigenvalue weighted by Crippen LogP contribution is 2.29. The summed E-state index contributed by atoms with van der Waals surface area (Å²) >= 11 is 0. The highest BCUT2D eigenvalue weighted by molar-refractivity contribution is 5.35. The summed E-state index contributed by atoms with van der Waals surface area (Å²) in [7, 11) is 0. The van der Waals surface area contributed by atoms with Gasteiger partial charge in [-0.05, 0) is 23.1 Å². The third-order valence-electron chi connectivity index (χ3n) is 2.83. The van der Waals surface area contributed by atoms with E-state index in [-0.39, 0.29) is 11.5 Å².